The lowest BCUT2D eigenvalue weighted by molar-refractivity contribution is 0.112. The molecule has 1 aromatic heterocycles. The molecule has 2 aromatic rings. The number of hydrogen-bond acceptors (Lipinski definition) is 4. The summed E-state index contributed by atoms with van der Waals surface area (Å²) in [6.07, 6.45) is 2.16. The maximum Gasteiger partial charge on any atom is 0.153 e. The second-order valence-electron chi connectivity index (χ2n) is 4.03. The second-order valence-corrected chi connectivity index (χ2v) is 4.83. The van der Waals surface area contributed by atoms with E-state index < -0.39 is 0 Å². The van der Waals surface area contributed by atoms with Crippen molar-refractivity contribution in [3.05, 3.63) is 51.8 Å². The quantitative estimate of drug-likeness (QED) is 0.673. The van der Waals surface area contributed by atoms with Crippen LogP contribution in [0.15, 0.2) is 30.5 Å². The molecule has 0 aliphatic heterocycles. The number of nitrogens with one attached hydrogen (secondary N) is 1. The van der Waals surface area contributed by atoms with Crippen LogP contribution in [0.1, 0.15) is 15.9 Å². The van der Waals surface area contributed by atoms with Gasteiger partial charge in [0.15, 0.2) is 6.29 Å². The monoisotopic (exact) mass is 310 g/mol. The van der Waals surface area contributed by atoms with Gasteiger partial charge in [-0.05, 0) is 23.8 Å². The van der Waals surface area contributed by atoms with Gasteiger partial charge in [-0.1, -0.05) is 29.3 Å². The van der Waals surface area contributed by atoms with Crippen LogP contribution in [0.25, 0.3) is 0 Å². The molecule has 0 fully saturated rings. The van der Waals surface area contributed by atoms with Crippen molar-refractivity contribution in [1.29, 1.82) is 0 Å². The SMILES string of the molecule is COc1ccc(CNc2cc(Cl)ncc2C=O)cc1Cl. The van der Waals surface area contributed by atoms with Crippen molar-refractivity contribution >= 4 is 35.2 Å². The van der Waals surface area contributed by atoms with E-state index in [-0.39, 0.29) is 0 Å². The molecule has 1 N–H and O–H groups in total. The summed E-state index contributed by atoms with van der Waals surface area (Å²) in [7, 11) is 1.56. The number of carbonyl (C=O) groups is 1. The summed E-state index contributed by atoms with van der Waals surface area (Å²) in [6.45, 7) is 0.505. The van der Waals surface area contributed by atoms with Crippen molar-refractivity contribution in [1.82, 2.24) is 4.98 Å². The van der Waals surface area contributed by atoms with Crippen LogP contribution < -0.4 is 10.1 Å². The number of benzene rings is 1. The molecule has 0 aliphatic carbocycles. The summed E-state index contributed by atoms with van der Waals surface area (Å²) in [5.41, 5.74) is 2.04. The number of nitrogens with zero attached hydrogens (tertiary/aromatic N) is 1. The van der Waals surface area contributed by atoms with E-state index in [1.807, 2.05) is 6.07 Å². The molecule has 0 atom stereocenters. The van der Waals surface area contributed by atoms with Crippen LogP contribution in [0.5, 0.6) is 5.75 Å². The fourth-order valence-corrected chi connectivity index (χ4v) is 2.14. The lowest BCUT2D eigenvalue weighted by Gasteiger charge is -2.10. The molecule has 6 heteroatoms. The Kier molecular flexibility index (Phi) is 4.82. The zero-order valence-electron chi connectivity index (χ0n) is 10.7. The Hall–Kier alpha value is -1.78. The van der Waals surface area contributed by atoms with Crippen LogP contribution in [-0.4, -0.2) is 18.4 Å². The number of hydrogen-bond donors (Lipinski definition) is 1. The van der Waals surface area contributed by atoms with E-state index in [0.717, 1.165) is 11.8 Å². The lowest BCUT2D eigenvalue weighted by Crippen LogP contribution is -2.03. The highest BCUT2D eigenvalue weighted by Gasteiger charge is 2.05. The molecule has 2 rings (SSSR count). The third kappa shape index (κ3) is 3.40. The minimum Gasteiger partial charge on any atom is -0.495 e. The van der Waals surface area contributed by atoms with Crippen LogP contribution in [0.2, 0.25) is 10.2 Å². The highest BCUT2D eigenvalue weighted by atomic mass is 35.5. The number of ether oxygens (including phenoxy) is 1. The van der Waals surface area contributed by atoms with Crippen molar-refractivity contribution in [3.8, 4) is 5.75 Å². The van der Waals surface area contributed by atoms with Gasteiger partial charge in [0.25, 0.3) is 0 Å². The van der Waals surface area contributed by atoms with Gasteiger partial charge in [-0.2, -0.15) is 0 Å². The maximum atomic E-state index is 10.9. The first-order valence-electron chi connectivity index (χ1n) is 5.81. The zero-order chi connectivity index (χ0) is 14.5. The Morgan fingerprint density at radius 3 is 2.80 bits per heavy atom. The molecule has 0 aliphatic rings. The van der Waals surface area contributed by atoms with Crippen LogP contribution >= 0.6 is 23.2 Å². The van der Waals surface area contributed by atoms with E-state index in [9.17, 15) is 4.79 Å². The molecule has 4 nitrogen and oxygen atoms in total. The van der Waals surface area contributed by atoms with E-state index in [0.29, 0.717) is 33.7 Å². The van der Waals surface area contributed by atoms with Gasteiger partial charge in [-0.25, -0.2) is 4.98 Å². The molecule has 0 saturated carbocycles. The van der Waals surface area contributed by atoms with Gasteiger partial charge in [-0.15, -0.1) is 0 Å². The molecular formula is C14H12Cl2N2O2. The molecular weight excluding hydrogens is 299 g/mol. The van der Waals surface area contributed by atoms with Gasteiger partial charge < -0.3 is 10.1 Å². The van der Waals surface area contributed by atoms with E-state index in [1.54, 1.807) is 25.3 Å². The molecule has 1 heterocycles. The number of aldehydes is 1. The van der Waals surface area contributed by atoms with Crippen molar-refractivity contribution in [2.24, 2.45) is 0 Å². The first-order chi connectivity index (χ1) is 9.63. The Labute approximate surface area is 126 Å². The fourth-order valence-electron chi connectivity index (χ4n) is 1.70. The second kappa shape index (κ2) is 6.59. The summed E-state index contributed by atoms with van der Waals surface area (Å²) < 4.78 is 5.09. The van der Waals surface area contributed by atoms with Gasteiger partial charge in [0.1, 0.15) is 10.9 Å². The first kappa shape index (κ1) is 14.6. The van der Waals surface area contributed by atoms with Crippen LogP contribution in [0.4, 0.5) is 5.69 Å². The van der Waals surface area contributed by atoms with Crippen molar-refractivity contribution < 1.29 is 9.53 Å². The van der Waals surface area contributed by atoms with Gasteiger partial charge in [0.05, 0.1) is 17.7 Å². The minimum absolute atomic E-state index is 0.325. The number of aromatic nitrogens is 1. The summed E-state index contributed by atoms with van der Waals surface area (Å²) in [5, 5.41) is 3.99. The largest absolute Gasteiger partial charge is 0.495 e. The molecule has 104 valence electrons. The van der Waals surface area contributed by atoms with Crippen molar-refractivity contribution in [2.45, 2.75) is 6.54 Å². The topological polar surface area (TPSA) is 51.2 Å². The molecule has 0 radical (unpaired) electrons. The molecule has 0 spiro atoms. The highest BCUT2D eigenvalue weighted by molar-refractivity contribution is 6.32. The average Bonchev–Trinajstić information content (AvgIpc) is 2.45. The van der Waals surface area contributed by atoms with Gasteiger partial charge in [0.2, 0.25) is 0 Å². The smallest absolute Gasteiger partial charge is 0.153 e. The van der Waals surface area contributed by atoms with E-state index in [4.69, 9.17) is 27.9 Å². The van der Waals surface area contributed by atoms with Crippen LogP contribution in [0.3, 0.4) is 0 Å². The minimum atomic E-state index is 0.325. The molecule has 0 unspecified atom stereocenters. The summed E-state index contributed by atoms with van der Waals surface area (Å²) in [4.78, 5) is 14.8. The number of rotatable bonds is 5. The number of halogens is 2. The zero-order valence-corrected chi connectivity index (χ0v) is 12.2. The van der Waals surface area contributed by atoms with Gasteiger partial charge in [0, 0.05) is 18.4 Å². The Bertz CT molecular complexity index is 633. The highest BCUT2D eigenvalue weighted by Crippen LogP contribution is 2.25. The van der Waals surface area contributed by atoms with Crippen LogP contribution in [-0.2, 0) is 6.54 Å². The Morgan fingerprint density at radius 1 is 1.35 bits per heavy atom. The third-order valence-electron chi connectivity index (χ3n) is 2.73. The van der Waals surface area contributed by atoms with E-state index in [2.05, 4.69) is 10.3 Å². The van der Waals surface area contributed by atoms with E-state index in [1.165, 1.54) is 6.20 Å². The molecule has 20 heavy (non-hydrogen) atoms. The number of carbonyl (C=O) groups excluding carboxylic acids is 1. The van der Waals surface area contributed by atoms with Gasteiger partial charge in [-0.3, -0.25) is 4.79 Å². The Balaban J connectivity index is 2.14. The average molecular weight is 311 g/mol. The molecule has 0 bridgehead atoms. The number of methoxy groups -OCH3 is 1. The predicted molar refractivity (Wildman–Crippen MR) is 80.0 cm³/mol. The third-order valence-corrected chi connectivity index (χ3v) is 3.23. The molecule has 0 saturated heterocycles. The van der Waals surface area contributed by atoms with Crippen molar-refractivity contribution in [2.75, 3.05) is 12.4 Å². The standard InChI is InChI=1S/C14H12Cl2N2O2/c1-20-13-3-2-9(4-11(13)15)6-17-12-5-14(16)18-7-10(12)8-19/h2-5,7-8H,6H2,1H3,(H,17,18). The Morgan fingerprint density at radius 2 is 2.15 bits per heavy atom. The lowest BCUT2D eigenvalue weighted by atomic mass is 10.2. The summed E-state index contributed by atoms with van der Waals surface area (Å²) in [6, 6.07) is 7.09. The van der Waals surface area contributed by atoms with E-state index >= 15 is 0 Å². The first-order valence-corrected chi connectivity index (χ1v) is 6.56. The molecule has 0 amide bonds. The number of pyridine rings is 1. The summed E-state index contributed by atoms with van der Waals surface area (Å²) >= 11 is 11.9. The predicted octanol–water partition coefficient (Wildman–Crippen LogP) is 3.82. The van der Waals surface area contributed by atoms with Crippen LogP contribution in [0, 0.1) is 0 Å². The maximum absolute atomic E-state index is 10.9. The van der Waals surface area contributed by atoms with Crippen molar-refractivity contribution in [3.63, 3.8) is 0 Å². The fraction of sp³-hybridized carbons (Fsp3) is 0.143. The number of anilines is 1. The van der Waals surface area contributed by atoms with Gasteiger partial charge >= 0.3 is 0 Å². The normalized spacial score (nSPS) is 10.2. The summed E-state index contributed by atoms with van der Waals surface area (Å²) in [5.74, 6) is 0.621. The molecule has 1 aromatic carbocycles.